The standard InChI is InChI=1S/C32H32F8O3/c1-3-17-42-24-12-9-20(26(33)30(24)37)19-7-5-18(6-8-19)15-16-32(39,40)43-25-14-11-22(28(35)31(25)38)21-10-13-23(41-4-2)29(36)27(21)34/h9-14,18-19H,3-8,15-17H2,1-2H3. The Kier molecular flexibility index (Phi) is 10.4. The van der Waals surface area contributed by atoms with Crippen LogP contribution in [-0.4, -0.2) is 19.3 Å². The van der Waals surface area contributed by atoms with Gasteiger partial charge in [0.15, 0.2) is 34.7 Å². The topological polar surface area (TPSA) is 27.7 Å². The zero-order valence-electron chi connectivity index (χ0n) is 23.7. The largest absolute Gasteiger partial charge is 0.491 e. The first-order valence-electron chi connectivity index (χ1n) is 14.2. The lowest BCUT2D eigenvalue weighted by molar-refractivity contribution is -0.184. The molecule has 0 N–H and O–H groups in total. The molecule has 0 atom stereocenters. The van der Waals surface area contributed by atoms with E-state index in [0.717, 1.165) is 24.3 Å². The molecule has 0 radical (unpaired) electrons. The lowest BCUT2D eigenvalue weighted by Gasteiger charge is -2.30. The summed E-state index contributed by atoms with van der Waals surface area (Å²) in [5.41, 5.74) is -1.07. The van der Waals surface area contributed by atoms with Gasteiger partial charge in [-0.2, -0.15) is 22.0 Å². The molecule has 0 aromatic heterocycles. The highest BCUT2D eigenvalue weighted by Crippen LogP contribution is 2.42. The van der Waals surface area contributed by atoms with Gasteiger partial charge < -0.3 is 14.2 Å². The number of hydrogen-bond acceptors (Lipinski definition) is 3. The van der Waals surface area contributed by atoms with Gasteiger partial charge in [-0.05, 0) is 93.2 Å². The predicted octanol–water partition coefficient (Wildman–Crippen LogP) is 10.1. The van der Waals surface area contributed by atoms with E-state index in [9.17, 15) is 35.1 Å². The molecule has 3 aromatic carbocycles. The van der Waals surface area contributed by atoms with Crippen LogP contribution in [0.5, 0.6) is 17.2 Å². The summed E-state index contributed by atoms with van der Waals surface area (Å²) >= 11 is 0. The lowest BCUT2D eigenvalue weighted by Crippen LogP contribution is -2.27. The molecule has 0 unspecified atom stereocenters. The second kappa shape index (κ2) is 13.9. The molecule has 0 aliphatic heterocycles. The maximum absolute atomic E-state index is 14.8. The van der Waals surface area contributed by atoms with Gasteiger partial charge in [-0.3, -0.25) is 0 Å². The third kappa shape index (κ3) is 7.36. The van der Waals surface area contributed by atoms with Gasteiger partial charge in [0.05, 0.1) is 19.6 Å². The molecule has 0 amide bonds. The van der Waals surface area contributed by atoms with E-state index in [-0.39, 0.29) is 42.8 Å². The minimum atomic E-state index is -3.86. The van der Waals surface area contributed by atoms with Crippen LogP contribution in [0.1, 0.15) is 70.3 Å². The highest BCUT2D eigenvalue weighted by Gasteiger charge is 2.36. The molecule has 0 heterocycles. The second-order valence-corrected chi connectivity index (χ2v) is 10.5. The normalized spacial score (nSPS) is 17.2. The van der Waals surface area contributed by atoms with Gasteiger partial charge >= 0.3 is 6.11 Å². The van der Waals surface area contributed by atoms with Gasteiger partial charge in [-0.1, -0.05) is 13.0 Å². The summed E-state index contributed by atoms with van der Waals surface area (Å²) in [6.45, 7) is 3.70. The number of alkyl halides is 2. The van der Waals surface area contributed by atoms with Gasteiger partial charge in [0.1, 0.15) is 0 Å². The predicted molar refractivity (Wildman–Crippen MR) is 145 cm³/mol. The second-order valence-electron chi connectivity index (χ2n) is 10.5. The number of rotatable bonds is 12. The van der Waals surface area contributed by atoms with Crippen molar-refractivity contribution in [1.82, 2.24) is 0 Å². The highest BCUT2D eigenvalue weighted by molar-refractivity contribution is 5.67. The molecule has 1 fully saturated rings. The van der Waals surface area contributed by atoms with Crippen molar-refractivity contribution in [1.29, 1.82) is 0 Å². The Bertz CT molecular complexity index is 1420. The average Bonchev–Trinajstić information content (AvgIpc) is 2.99. The van der Waals surface area contributed by atoms with Crippen LogP contribution in [0, 0.1) is 40.8 Å². The van der Waals surface area contributed by atoms with Crippen LogP contribution in [0.4, 0.5) is 35.1 Å². The maximum Gasteiger partial charge on any atom is 0.397 e. The number of benzene rings is 3. The first-order chi connectivity index (χ1) is 20.5. The molecule has 0 bridgehead atoms. The van der Waals surface area contributed by atoms with E-state index in [4.69, 9.17) is 9.47 Å². The fraction of sp³-hybridized carbons (Fsp3) is 0.438. The first-order valence-corrected chi connectivity index (χ1v) is 14.2. The van der Waals surface area contributed by atoms with Crippen molar-refractivity contribution >= 4 is 0 Å². The zero-order valence-corrected chi connectivity index (χ0v) is 23.7. The Morgan fingerprint density at radius 3 is 1.79 bits per heavy atom. The third-order valence-electron chi connectivity index (χ3n) is 7.61. The van der Waals surface area contributed by atoms with E-state index >= 15 is 0 Å². The summed E-state index contributed by atoms with van der Waals surface area (Å²) in [4.78, 5) is 0. The Morgan fingerprint density at radius 2 is 1.19 bits per heavy atom. The quantitative estimate of drug-likeness (QED) is 0.190. The van der Waals surface area contributed by atoms with Crippen molar-refractivity contribution in [2.24, 2.45) is 5.92 Å². The SMILES string of the molecule is CCCOc1ccc(C2CCC(CCC(F)(F)Oc3ccc(-c4ccc(OCC)c(F)c4F)c(F)c3F)CC2)c(F)c1F. The van der Waals surface area contributed by atoms with Crippen LogP contribution >= 0.6 is 0 Å². The fourth-order valence-electron chi connectivity index (χ4n) is 5.36. The molecule has 43 heavy (non-hydrogen) atoms. The van der Waals surface area contributed by atoms with Gasteiger partial charge in [-0.15, -0.1) is 0 Å². The molecule has 234 valence electrons. The van der Waals surface area contributed by atoms with Crippen molar-refractivity contribution in [2.45, 2.75) is 70.8 Å². The van der Waals surface area contributed by atoms with Gasteiger partial charge in [0, 0.05) is 11.1 Å². The Morgan fingerprint density at radius 1 is 0.651 bits per heavy atom. The van der Waals surface area contributed by atoms with Crippen molar-refractivity contribution in [3.63, 3.8) is 0 Å². The number of ether oxygens (including phenoxy) is 3. The first kappa shape index (κ1) is 32.4. The summed E-state index contributed by atoms with van der Waals surface area (Å²) < 4.78 is 131. The molecule has 1 aliphatic carbocycles. The minimum absolute atomic E-state index is 0.000782. The van der Waals surface area contributed by atoms with Crippen molar-refractivity contribution in [2.75, 3.05) is 13.2 Å². The average molecular weight is 617 g/mol. The van der Waals surface area contributed by atoms with Crippen molar-refractivity contribution < 1.29 is 49.3 Å². The zero-order chi connectivity index (χ0) is 31.3. The molecule has 1 saturated carbocycles. The van der Waals surface area contributed by atoms with Crippen LogP contribution in [0.15, 0.2) is 36.4 Å². The summed E-state index contributed by atoms with van der Waals surface area (Å²) in [5.74, 6) is -10.4. The van der Waals surface area contributed by atoms with Gasteiger partial charge in [0.2, 0.25) is 17.5 Å². The summed E-state index contributed by atoms with van der Waals surface area (Å²) in [7, 11) is 0. The lowest BCUT2D eigenvalue weighted by atomic mass is 9.77. The molecular weight excluding hydrogens is 584 g/mol. The van der Waals surface area contributed by atoms with E-state index in [1.54, 1.807) is 6.92 Å². The molecule has 3 nitrogen and oxygen atoms in total. The molecule has 3 aromatic rings. The third-order valence-corrected chi connectivity index (χ3v) is 7.61. The Labute approximate surface area is 244 Å². The minimum Gasteiger partial charge on any atom is -0.491 e. The Balaban J connectivity index is 1.35. The highest BCUT2D eigenvalue weighted by atomic mass is 19.3. The van der Waals surface area contributed by atoms with E-state index in [1.807, 2.05) is 6.92 Å². The molecule has 0 saturated heterocycles. The van der Waals surface area contributed by atoms with Crippen molar-refractivity contribution in [3.8, 4) is 28.4 Å². The monoisotopic (exact) mass is 616 g/mol. The summed E-state index contributed by atoms with van der Waals surface area (Å²) in [5, 5.41) is 0. The molecule has 1 aliphatic rings. The van der Waals surface area contributed by atoms with Crippen LogP contribution in [0.3, 0.4) is 0 Å². The molecule has 11 heteroatoms. The van der Waals surface area contributed by atoms with Gasteiger partial charge in [0.25, 0.3) is 0 Å². The number of halogens is 8. The summed E-state index contributed by atoms with van der Waals surface area (Å²) in [6, 6.07) is 6.49. The van der Waals surface area contributed by atoms with Gasteiger partial charge in [-0.25, -0.2) is 13.2 Å². The van der Waals surface area contributed by atoms with Crippen molar-refractivity contribution in [3.05, 3.63) is 76.9 Å². The number of hydrogen-bond donors (Lipinski definition) is 0. The smallest absolute Gasteiger partial charge is 0.397 e. The summed E-state index contributed by atoms with van der Waals surface area (Å²) in [6.07, 6.45) is -2.11. The van der Waals surface area contributed by atoms with Crippen LogP contribution in [0.2, 0.25) is 0 Å². The van der Waals surface area contributed by atoms with Crippen LogP contribution in [-0.2, 0) is 0 Å². The van der Waals surface area contributed by atoms with E-state index in [2.05, 4.69) is 4.74 Å². The van der Waals surface area contributed by atoms with E-state index < -0.39 is 70.1 Å². The van der Waals surface area contributed by atoms with Crippen LogP contribution in [0.25, 0.3) is 11.1 Å². The fourth-order valence-corrected chi connectivity index (χ4v) is 5.36. The van der Waals surface area contributed by atoms with E-state index in [0.29, 0.717) is 32.1 Å². The Hall–Kier alpha value is -3.50. The molecular formula is C32H32F8O3. The maximum atomic E-state index is 14.8. The molecule has 4 rings (SSSR count). The van der Waals surface area contributed by atoms with E-state index in [1.165, 1.54) is 12.1 Å². The van der Waals surface area contributed by atoms with Crippen LogP contribution < -0.4 is 14.2 Å². The molecule has 0 spiro atoms.